The number of carbonyl (C=O) groups is 1. The van der Waals surface area contributed by atoms with E-state index in [4.69, 9.17) is 9.47 Å². The summed E-state index contributed by atoms with van der Waals surface area (Å²) in [4.78, 5) is 11.5. The van der Waals surface area contributed by atoms with E-state index in [0.717, 1.165) is 0 Å². The zero-order valence-corrected chi connectivity index (χ0v) is 8.66. The fourth-order valence-electron chi connectivity index (χ4n) is 1.30. The molecule has 0 unspecified atom stereocenters. The monoisotopic (exact) mass is 194 g/mol. The molecule has 0 aliphatic rings. The Labute approximate surface area is 83.6 Å². The van der Waals surface area contributed by atoms with Crippen LogP contribution >= 0.6 is 0 Å². The summed E-state index contributed by atoms with van der Waals surface area (Å²) in [6.45, 7) is 1.82. The highest BCUT2D eigenvalue weighted by atomic mass is 16.5. The van der Waals surface area contributed by atoms with E-state index in [1.807, 2.05) is 6.92 Å². The summed E-state index contributed by atoms with van der Waals surface area (Å²) in [6.07, 6.45) is 0.462. The second kappa shape index (κ2) is 4.65. The lowest BCUT2D eigenvalue weighted by atomic mass is 10.1. The number of rotatable bonds is 4. The highest BCUT2D eigenvalue weighted by molar-refractivity contribution is 5.99. The summed E-state index contributed by atoms with van der Waals surface area (Å²) in [5.74, 6) is 1.16. The number of ether oxygens (including phenoxy) is 2. The molecule has 0 N–H and O–H groups in total. The number of hydrogen-bond donors (Lipinski definition) is 0. The van der Waals surface area contributed by atoms with Crippen LogP contribution < -0.4 is 9.47 Å². The van der Waals surface area contributed by atoms with Gasteiger partial charge >= 0.3 is 0 Å². The first-order valence-electron chi connectivity index (χ1n) is 4.48. The van der Waals surface area contributed by atoms with Crippen molar-refractivity contribution in [3.63, 3.8) is 0 Å². The minimum absolute atomic E-state index is 0.0563. The highest BCUT2D eigenvalue weighted by Crippen LogP contribution is 2.31. The molecule has 14 heavy (non-hydrogen) atoms. The van der Waals surface area contributed by atoms with E-state index >= 15 is 0 Å². The SMILES string of the molecule is CCC(=O)c1cccc(OC)c1OC. The van der Waals surface area contributed by atoms with Crippen molar-refractivity contribution in [3.8, 4) is 11.5 Å². The summed E-state index contributed by atoms with van der Waals surface area (Å²) in [5, 5.41) is 0. The van der Waals surface area contributed by atoms with Gasteiger partial charge in [0.15, 0.2) is 17.3 Å². The van der Waals surface area contributed by atoms with Crippen LogP contribution in [0.1, 0.15) is 23.7 Å². The minimum atomic E-state index is 0.0563. The molecule has 0 spiro atoms. The third kappa shape index (κ3) is 1.87. The van der Waals surface area contributed by atoms with E-state index in [-0.39, 0.29) is 5.78 Å². The van der Waals surface area contributed by atoms with Gasteiger partial charge in [0.2, 0.25) is 0 Å². The van der Waals surface area contributed by atoms with Crippen LogP contribution in [-0.2, 0) is 0 Å². The molecule has 0 radical (unpaired) electrons. The maximum absolute atomic E-state index is 11.5. The predicted octanol–water partition coefficient (Wildman–Crippen LogP) is 2.30. The zero-order valence-electron chi connectivity index (χ0n) is 8.66. The number of para-hydroxylation sites is 1. The van der Waals surface area contributed by atoms with Crippen molar-refractivity contribution in [3.05, 3.63) is 23.8 Å². The average Bonchev–Trinajstić information content (AvgIpc) is 2.26. The van der Waals surface area contributed by atoms with Gasteiger partial charge in [-0.1, -0.05) is 13.0 Å². The van der Waals surface area contributed by atoms with Crippen LogP contribution in [0, 0.1) is 0 Å². The van der Waals surface area contributed by atoms with Gasteiger partial charge in [-0.2, -0.15) is 0 Å². The van der Waals surface area contributed by atoms with Gasteiger partial charge in [0, 0.05) is 6.42 Å². The Morgan fingerprint density at radius 1 is 1.29 bits per heavy atom. The lowest BCUT2D eigenvalue weighted by Gasteiger charge is -2.10. The normalized spacial score (nSPS) is 9.64. The molecular weight excluding hydrogens is 180 g/mol. The molecule has 0 atom stereocenters. The Kier molecular flexibility index (Phi) is 3.51. The Hall–Kier alpha value is -1.51. The maximum Gasteiger partial charge on any atom is 0.171 e. The summed E-state index contributed by atoms with van der Waals surface area (Å²) in [6, 6.07) is 5.29. The molecule has 0 fully saturated rings. The fraction of sp³-hybridized carbons (Fsp3) is 0.364. The van der Waals surface area contributed by atoms with Crippen molar-refractivity contribution in [1.29, 1.82) is 0 Å². The molecule has 3 nitrogen and oxygen atoms in total. The molecule has 0 bridgehead atoms. The molecular formula is C11H14O3. The van der Waals surface area contributed by atoms with Crippen molar-refractivity contribution in [2.75, 3.05) is 14.2 Å². The van der Waals surface area contributed by atoms with Crippen molar-refractivity contribution in [2.45, 2.75) is 13.3 Å². The zero-order chi connectivity index (χ0) is 10.6. The van der Waals surface area contributed by atoms with Gasteiger partial charge in [-0.25, -0.2) is 0 Å². The fourth-order valence-corrected chi connectivity index (χ4v) is 1.30. The summed E-state index contributed by atoms with van der Waals surface area (Å²) < 4.78 is 10.2. The van der Waals surface area contributed by atoms with Crippen molar-refractivity contribution < 1.29 is 14.3 Å². The molecule has 0 aromatic heterocycles. The number of hydrogen-bond acceptors (Lipinski definition) is 3. The first kappa shape index (κ1) is 10.6. The molecule has 1 aromatic carbocycles. The van der Waals surface area contributed by atoms with E-state index in [1.165, 1.54) is 7.11 Å². The lowest BCUT2D eigenvalue weighted by molar-refractivity contribution is 0.0984. The topological polar surface area (TPSA) is 35.5 Å². The third-order valence-electron chi connectivity index (χ3n) is 2.02. The smallest absolute Gasteiger partial charge is 0.171 e. The van der Waals surface area contributed by atoms with Crippen LogP contribution in [0.2, 0.25) is 0 Å². The van der Waals surface area contributed by atoms with Crippen LogP contribution in [0.4, 0.5) is 0 Å². The molecule has 0 saturated carbocycles. The lowest BCUT2D eigenvalue weighted by Crippen LogP contribution is -2.02. The number of carbonyl (C=O) groups excluding carboxylic acids is 1. The highest BCUT2D eigenvalue weighted by Gasteiger charge is 2.14. The number of ketones is 1. The summed E-state index contributed by atoms with van der Waals surface area (Å²) in [5.41, 5.74) is 0.578. The molecule has 76 valence electrons. The Morgan fingerprint density at radius 2 is 2.00 bits per heavy atom. The first-order valence-corrected chi connectivity index (χ1v) is 4.48. The molecule has 0 heterocycles. The van der Waals surface area contributed by atoms with Gasteiger partial charge in [0.05, 0.1) is 19.8 Å². The molecule has 0 saturated heterocycles. The van der Waals surface area contributed by atoms with Gasteiger partial charge < -0.3 is 9.47 Å². The van der Waals surface area contributed by atoms with Gasteiger partial charge in [-0.3, -0.25) is 4.79 Å². The summed E-state index contributed by atoms with van der Waals surface area (Å²) in [7, 11) is 3.09. The Bertz CT molecular complexity index is 331. The number of Topliss-reactive ketones (excluding diaryl/α,β-unsaturated/α-hetero) is 1. The van der Waals surface area contributed by atoms with Gasteiger partial charge in [0.1, 0.15) is 0 Å². The third-order valence-corrected chi connectivity index (χ3v) is 2.02. The van der Waals surface area contributed by atoms with Crippen molar-refractivity contribution >= 4 is 5.78 Å². The van der Waals surface area contributed by atoms with E-state index in [0.29, 0.717) is 23.5 Å². The molecule has 1 rings (SSSR count). The van der Waals surface area contributed by atoms with Gasteiger partial charge in [-0.15, -0.1) is 0 Å². The van der Waals surface area contributed by atoms with Gasteiger partial charge in [-0.05, 0) is 12.1 Å². The van der Waals surface area contributed by atoms with Crippen LogP contribution in [0.25, 0.3) is 0 Å². The Morgan fingerprint density at radius 3 is 2.50 bits per heavy atom. The molecule has 0 aliphatic carbocycles. The van der Waals surface area contributed by atoms with Crippen LogP contribution in [0.3, 0.4) is 0 Å². The summed E-state index contributed by atoms with van der Waals surface area (Å²) >= 11 is 0. The van der Waals surface area contributed by atoms with Crippen molar-refractivity contribution in [1.82, 2.24) is 0 Å². The van der Waals surface area contributed by atoms with E-state index < -0.39 is 0 Å². The first-order chi connectivity index (χ1) is 6.74. The van der Waals surface area contributed by atoms with Crippen molar-refractivity contribution in [2.24, 2.45) is 0 Å². The van der Waals surface area contributed by atoms with E-state index in [1.54, 1.807) is 25.3 Å². The molecule has 1 aromatic rings. The number of benzene rings is 1. The molecule has 0 aliphatic heterocycles. The maximum atomic E-state index is 11.5. The molecule has 3 heteroatoms. The predicted molar refractivity (Wildman–Crippen MR) is 54.2 cm³/mol. The second-order valence-electron chi connectivity index (χ2n) is 2.82. The minimum Gasteiger partial charge on any atom is -0.493 e. The molecule has 0 amide bonds. The standard InChI is InChI=1S/C11H14O3/c1-4-9(12)8-6-5-7-10(13-2)11(8)14-3/h5-7H,4H2,1-3H3. The van der Waals surface area contributed by atoms with Crippen LogP contribution in [0.5, 0.6) is 11.5 Å². The van der Waals surface area contributed by atoms with E-state index in [2.05, 4.69) is 0 Å². The van der Waals surface area contributed by atoms with Crippen LogP contribution in [0.15, 0.2) is 18.2 Å². The average molecular weight is 194 g/mol. The number of methoxy groups -OCH3 is 2. The van der Waals surface area contributed by atoms with E-state index in [9.17, 15) is 4.79 Å². The van der Waals surface area contributed by atoms with Gasteiger partial charge in [0.25, 0.3) is 0 Å². The Balaban J connectivity index is 3.21. The quantitative estimate of drug-likeness (QED) is 0.690. The second-order valence-corrected chi connectivity index (χ2v) is 2.82. The largest absolute Gasteiger partial charge is 0.493 e. The van der Waals surface area contributed by atoms with Crippen LogP contribution in [-0.4, -0.2) is 20.0 Å².